The molecule has 2 rings (SSSR count). The molecule has 19 heavy (non-hydrogen) atoms. The molecule has 0 aliphatic carbocycles. The van der Waals surface area contributed by atoms with Gasteiger partial charge >= 0.3 is 0 Å². The van der Waals surface area contributed by atoms with Gasteiger partial charge in [0, 0.05) is 9.50 Å². The number of hydrogen-bond acceptors (Lipinski definition) is 3. The van der Waals surface area contributed by atoms with Gasteiger partial charge in [-0.15, -0.1) is 0 Å². The lowest BCUT2D eigenvalue weighted by Gasteiger charge is -2.10. The number of phenols is 1. The Morgan fingerprint density at radius 2 is 2.00 bits per heavy atom. The van der Waals surface area contributed by atoms with Crippen LogP contribution in [0, 0.1) is 0 Å². The van der Waals surface area contributed by atoms with Crippen LogP contribution in [0.15, 0.2) is 46.9 Å². The molecule has 98 valence electrons. The number of rotatable bonds is 3. The first kappa shape index (κ1) is 13.7. The van der Waals surface area contributed by atoms with Gasteiger partial charge in [0.05, 0.1) is 11.3 Å². The lowest BCUT2D eigenvalue weighted by atomic mass is 10.2. The minimum atomic E-state index is -0.446. The quantitative estimate of drug-likeness (QED) is 0.748. The summed E-state index contributed by atoms with van der Waals surface area (Å²) in [6.45, 7) is 0. The van der Waals surface area contributed by atoms with Gasteiger partial charge in [0.15, 0.2) is 0 Å². The van der Waals surface area contributed by atoms with E-state index in [-0.39, 0.29) is 11.3 Å². The molecule has 4 nitrogen and oxygen atoms in total. The molecular weight excluding hydrogens is 332 g/mol. The molecule has 0 bridgehead atoms. The van der Waals surface area contributed by atoms with E-state index in [9.17, 15) is 9.90 Å². The number of carbonyl (C=O) groups excluding carboxylic acids is 1. The molecule has 6 heteroatoms. The van der Waals surface area contributed by atoms with E-state index in [1.54, 1.807) is 30.3 Å². The molecular formula is C13H10BrClN2O2. The maximum absolute atomic E-state index is 11.9. The summed E-state index contributed by atoms with van der Waals surface area (Å²) in [5, 5.41) is 10.2. The predicted molar refractivity (Wildman–Crippen MR) is 78.3 cm³/mol. The number of aromatic hydroxyl groups is 1. The maximum atomic E-state index is 11.9. The van der Waals surface area contributed by atoms with E-state index in [0.717, 1.165) is 0 Å². The monoisotopic (exact) mass is 340 g/mol. The minimum Gasteiger partial charge on any atom is -0.507 e. The average Bonchev–Trinajstić information content (AvgIpc) is 2.39. The zero-order chi connectivity index (χ0) is 13.8. The van der Waals surface area contributed by atoms with Crippen molar-refractivity contribution in [2.24, 2.45) is 0 Å². The van der Waals surface area contributed by atoms with Crippen molar-refractivity contribution in [1.29, 1.82) is 0 Å². The van der Waals surface area contributed by atoms with Crippen molar-refractivity contribution in [3.63, 3.8) is 0 Å². The number of carbonyl (C=O) groups is 1. The van der Waals surface area contributed by atoms with Crippen molar-refractivity contribution in [2.45, 2.75) is 0 Å². The number of nitrogens with one attached hydrogen (secondary N) is 2. The Bertz CT molecular complexity index is 619. The molecule has 0 atom stereocenters. The Kier molecular flexibility index (Phi) is 4.29. The van der Waals surface area contributed by atoms with Crippen LogP contribution >= 0.6 is 27.5 Å². The molecule has 0 saturated carbocycles. The molecule has 0 saturated heterocycles. The summed E-state index contributed by atoms with van der Waals surface area (Å²) in [4.78, 5) is 11.9. The number of hydrazine groups is 1. The van der Waals surface area contributed by atoms with Crippen molar-refractivity contribution in [3.8, 4) is 5.75 Å². The summed E-state index contributed by atoms with van der Waals surface area (Å²) >= 11 is 9.07. The Labute approximate surface area is 123 Å². The van der Waals surface area contributed by atoms with Crippen LogP contribution in [0.2, 0.25) is 5.02 Å². The highest BCUT2D eigenvalue weighted by Gasteiger charge is 2.11. The molecule has 3 N–H and O–H groups in total. The van der Waals surface area contributed by atoms with E-state index >= 15 is 0 Å². The van der Waals surface area contributed by atoms with Gasteiger partial charge in [0.1, 0.15) is 5.75 Å². The molecule has 0 aliphatic rings. The highest BCUT2D eigenvalue weighted by Crippen LogP contribution is 2.21. The normalized spacial score (nSPS) is 10.0. The van der Waals surface area contributed by atoms with E-state index in [2.05, 4.69) is 26.8 Å². The van der Waals surface area contributed by atoms with Crippen LogP contribution in [0.25, 0.3) is 0 Å². The fourth-order valence-corrected chi connectivity index (χ4v) is 2.00. The summed E-state index contributed by atoms with van der Waals surface area (Å²) in [5.41, 5.74) is 6.02. The number of halogens is 2. The second kappa shape index (κ2) is 5.95. The van der Waals surface area contributed by atoms with Crippen LogP contribution in [-0.2, 0) is 0 Å². The van der Waals surface area contributed by atoms with E-state index in [0.29, 0.717) is 15.2 Å². The first-order chi connectivity index (χ1) is 9.06. The highest BCUT2D eigenvalue weighted by molar-refractivity contribution is 9.10. The number of phenolic OH excluding ortho intramolecular Hbond substituents is 1. The van der Waals surface area contributed by atoms with Gasteiger partial charge in [-0.3, -0.25) is 15.6 Å². The van der Waals surface area contributed by atoms with Gasteiger partial charge in [-0.2, -0.15) is 0 Å². The lowest BCUT2D eigenvalue weighted by Crippen LogP contribution is -2.29. The van der Waals surface area contributed by atoms with E-state index in [1.807, 2.05) is 0 Å². The van der Waals surface area contributed by atoms with Gasteiger partial charge in [0.2, 0.25) is 0 Å². The standard InChI is InChI=1S/C13H10BrClN2O2/c14-8-4-5-12(18)11(6-8)13(19)17-16-10-3-1-2-9(15)7-10/h1-7,16,18H,(H,17,19). The zero-order valence-electron chi connectivity index (χ0n) is 9.65. The third-order valence-electron chi connectivity index (χ3n) is 2.35. The molecule has 0 radical (unpaired) electrons. The number of anilines is 1. The van der Waals surface area contributed by atoms with Gasteiger partial charge in [-0.25, -0.2) is 0 Å². The Hall–Kier alpha value is -1.72. The van der Waals surface area contributed by atoms with Gasteiger partial charge in [-0.1, -0.05) is 33.6 Å². The van der Waals surface area contributed by atoms with Crippen LogP contribution < -0.4 is 10.9 Å². The smallest absolute Gasteiger partial charge is 0.273 e. The van der Waals surface area contributed by atoms with E-state index < -0.39 is 5.91 Å². The van der Waals surface area contributed by atoms with Crippen LogP contribution in [0.1, 0.15) is 10.4 Å². The van der Waals surface area contributed by atoms with Crippen molar-refractivity contribution >= 4 is 39.1 Å². The Morgan fingerprint density at radius 3 is 2.74 bits per heavy atom. The van der Waals surface area contributed by atoms with E-state index in [1.165, 1.54) is 12.1 Å². The predicted octanol–water partition coefficient (Wildman–Crippen LogP) is 3.57. The molecule has 1 amide bonds. The number of benzene rings is 2. The lowest BCUT2D eigenvalue weighted by molar-refractivity contribution is 0.0960. The average molecular weight is 342 g/mol. The second-order valence-corrected chi connectivity index (χ2v) is 5.10. The van der Waals surface area contributed by atoms with Crippen LogP contribution in [-0.4, -0.2) is 11.0 Å². The molecule has 0 fully saturated rings. The zero-order valence-corrected chi connectivity index (χ0v) is 12.0. The van der Waals surface area contributed by atoms with Crippen molar-refractivity contribution in [2.75, 3.05) is 5.43 Å². The summed E-state index contributed by atoms with van der Waals surface area (Å²) in [6.07, 6.45) is 0. The highest BCUT2D eigenvalue weighted by atomic mass is 79.9. The number of hydrogen-bond donors (Lipinski definition) is 3. The topological polar surface area (TPSA) is 61.4 Å². The fourth-order valence-electron chi connectivity index (χ4n) is 1.45. The van der Waals surface area contributed by atoms with Crippen molar-refractivity contribution in [1.82, 2.24) is 5.43 Å². The largest absolute Gasteiger partial charge is 0.507 e. The Morgan fingerprint density at radius 1 is 1.21 bits per heavy atom. The summed E-state index contributed by atoms with van der Waals surface area (Å²) in [6, 6.07) is 11.5. The van der Waals surface area contributed by atoms with Crippen molar-refractivity contribution in [3.05, 3.63) is 57.5 Å². The third-order valence-corrected chi connectivity index (χ3v) is 3.08. The summed E-state index contributed by atoms with van der Waals surface area (Å²) in [7, 11) is 0. The first-order valence-electron chi connectivity index (χ1n) is 5.37. The molecule has 0 aliphatic heterocycles. The molecule has 0 heterocycles. The summed E-state index contributed by atoms with van der Waals surface area (Å²) < 4.78 is 0.707. The first-order valence-corrected chi connectivity index (χ1v) is 6.54. The minimum absolute atomic E-state index is 0.0893. The van der Waals surface area contributed by atoms with Gasteiger partial charge in [-0.05, 0) is 36.4 Å². The second-order valence-electron chi connectivity index (χ2n) is 3.75. The van der Waals surface area contributed by atoms with Crippen LogP contribution in [0.4, 0.5) is 5.69 Å². The van der Waals surface area contributed by atoms with E-state index in [4.69, 9.17) is 11.6 Å². The van der Waals surface area contributed by atoms with Gasteiger partial charge in [0.25, 0.3) is 5.91 Å². The third kappa shape index (κ3) is 3.62. The molecule has 2 aromatic rings. The van der Waals surface area contributed by atoms with Crippen LogP contribution in [0.5, 0.6) is 5.75 Å². The van der Waals surface area contributed by atoms with Crippen molar-refractivity contribution < 1.29 is 9.90 Å². The molecule has 0 aromatic heterocycles. The Balaban J connectivity index is 2.07. The number of amides is 1. The van der Waals surface area contributed by atoms with Gasteiger partial charge < -0.3 is 5.11 Å². The van der Waals surface area contributed by atoms with Crippen LogP contribution in [0.3, 0.4) is 0 Å². The fraction of sp³-hybridized carbons (Fsp3) is 0. The SMILES string of the molecule is O=C(NNc1cccc(Cl)c1)c1cc(Br)ccc1O. The molecule has 2 aromatic carbocycles. The molecule has 0 spiro atoms. The molecule has 0 unspecified atom stereocenters. The summed E-state index contributed by atoms with van der Waals surface area (Å²) in [5.74, 6) is -0.535. The maximum Gasteiger partial charge on any atom is 0.273 e.